The zero-order valence-electron chi connectivity index (χ0n) is 19.8. The molecular weight excluding hydrogens is 460 g/mol. The Morgan fingerprint density at radius 3 is 2.37 bits per heavy atom. The highest BCUT2D eigenvalue weighted by Crippen LogP contribution is 2.43. The van der Waals surface area contributed by atoms with Crippen LogP contribution in [0.4, 0.5) is 0 Å². The zero-order chi connectivity index (χ0) is 25.0. The number of ether oxygens (including phenoxy) is 6. The number of esters is 1. The predicted molar refractivity (Wildman–Crippen MR) is 120 cm³/mol. The number of aromatic amines is 1. The highest BCUT2D eigenvalue weighted by Gasteiger charge is 2.60. The van der Waals surface area contributed by atoms with E-state index in [0.29, 0.717) is 5.56 Å². The Balaban J connectivity index is 1.61. The number of nitrogens with one attached hydrogen (secondary N) is 1. The lowest BCUT2D eigenvalue weighted by molar-refractivity contribution is -0.332. The fraction of sp³-hybridized carbons (Fsp3) is 0.542. The molecule has 3 unspecified atom stereocenters. The third-order valence-electron chi connectivity index (χ3n) is 6.17. The van der Waals surface area contributed by atoms with Crippen molar-refractivity contribution in [2.24, 2.45) is 0 Å². The van der Waals surface area contributed by atoms with Crippen LogP contribution in [0.15, 0.2) is 52.2 Å². The molecule has 0 saturated carbocycles. The average molecular weight is 488 g/mol. The van der Waals surface area contributed by atoms with Crippen molar-refractivity contribution in [1.29, 1.82) is 0 Å². The molecule has 188 valence electrons. The number of hydrogen-bond acceptors (Lipinski definition) is 9. The van der Waals surface area contributed by atoms with Gasteiger partial charge >= 0.3 is 11.7 Å². The first kappa shape index (κ1) is 23.9. The van der Waals surface area contributed by atoms with Gasteiger partial charge in [0.15, 0.2) is 23.9 Å². The summed E-state index contributed by atoms with van der Waals surface area (Å²) in [5.74, 6) is -2.58. The minimum atomic E-state index is -1.17. The molecule has 0 bridgehead atoms. The topological polar surface area (TPSA) is 127 Å². The zero-order valence-corrected chi connectivity index (χ0v) is 19.8. The van der Waals surface area contributed by atoms with E-state index in [4.69, 9.17) is 28.4 Å². The molecule has 1 aromatic heterocycles. The van der Waals surface area contributed by atoms with Crippen molar-refractivity contribution in [2.45, 2.75) is 76.0 Å². The molecule has 0 aliphatic carbocycles. The van der Waals surface area contributed by atoms with E-state index >= 15 is 0 Å². The van der Waals surface area contributed by atoms with Gasteiger partial charge in [0.1, 0.15) is 24.4 Å². The number of carbonyl (C=O) groups is 1. The molecule has 3 aliphatic rings. The number of carbonyl (C=O) groups excluding carboxylic acids is 1. The highest BCUT2D eigenvalue weighted by atomic mass is 16.8. The summed E-state index contributed by atoms with van der Waals surface area (Å²) in [6.07, 6.45) is -3.89. The van der Waals surface area contributed by atoms with Crippen molar-refractivity contribution in [3.05, 3.63) is 69.0 Å². The third-order valence-corrected chi connectivity index (χ3v) is 6.17. The van der Waals surface area contributed by atoms with Gasteiger partial charge in [-0.25, -0.2) is 9.59 Å². The average Bonchev–Trinajstić information content (AvgIpc) is 3.07. The molecule has 35 heavy (non-hydrogen) atoms. The van der Waals surface area contributed by atoms with Crippen LogP contribution in [-0.2, 0) is 28.4 Å². The first-order valence-corrected chi connectivity index (χ1v) is 11.4. The maximum Gasteiger partial charge on any atom is 0.338 e. The summed E-state index contributed by atoms with van der Waals surface area (Å²) in [6, 6.07) is 9.64. The van der Waals surface area contributed by atoms with Crippen molar-refractivity contribution in [2.75, 3.05) is 6.61 Å². The summed E-state index contributed by atoms with van der Waals surface area (Å²) in [5, 5.41) is 0. The van der Waals surface area contributed by atoms with Gasteiger partial charge in [0.2, 0.25) is 0 Å². The summed E-state index contributed by atoms with van der Waals surface area (Å²) < 4.78 is 37.9. The standard InChI is InChI=1S/C24H28N2O9/c1-23(2)30-12-14-16(33-23)17-18(35-24(3,4)34-17)19(32-21(28)13-8-6-5-7-9-13)20(31-14)26-11-10-15(27)25-22(26)29/h5-11,14,16-20H,12H2,1-4H3,(H,25,27,29)/t14?,16-,17-,18?,19?,20+/m0/s1. The summed E-state index contributed by atoms with van der Waals surface area (Å²) in [7, 11) is 0. The molecule has 3 fully saturated rings. The predicted octanol–water partition coefficient (Wildman–Crippen LogP) is 1.33. The molecular formula is C24H28N2O9. The molecule has 11 heteroatoms. The van der Waals surface area contributed by atoms with Crippen LogP contribution in [0.2, 0.25) is 0 Å². The number of nitrogens with zero attached hydrogens (tertiary/aromatic N) is 1. The molecule has 1 N–H and O–H groups in total. The molecule has 1 aromatic carbocycles. The minimum absolute atomic E-state index is 0.138. The Kier molecular flexibility index (Phi) is 5.93. The monoisotopic (exact) mass is 488 g/mol. The van der Waals surface area contributed by atoms with Crippen LogP contribution in [0, 0.1) is 0 Å². The van der Waals surface area contributed by atoms with Crippen LogP contribution in [-0.4, -0.2) is 64.2 Å². The first-order chi connectivity index (χ1) is 16.5. The van der Waals surface area contributed by atoms with Gasteiger partial charge in [-0.3, -0.25) is 14.3 Å². The van der Waals surface area contributed by atoms with Gasteiger partial charge in [-0.15, -0.1) is 0 Å². The van der Waals surface area contributed by atoms with Gasteiger partial charge < -0.3 is 28.4 Å². The SMILES string of the molecule is CC1(C)OC2C(OC(=O)c3ccccc3)[C@H](n3ccc(=O)[nH]c3=O)OC3COC(C)(C)O[C@@H]3[C@@H]2O1. The van der Waals surface area contributed by atoms with Crippen LogP contribution in [0.3, 0.4) is 0 Å². The van der Waals surface area contributed by atoms with Crippen molar-refractivity contribution < 1.29 is 33.2 Å². The van der Waals surface area contributed by atoms with Crippen LogP contribution in [0.1, 0.15) is 44.3 Å². The lowest BCUT2D eigenvalue weighted by Gasteiger charge is -2.42. The Hall–Kier alpha value is -2.83. The van der Waals surface area contributed by atoms with E-state index in [1.807, 2.05) is 0 Å². The number of rotatable bonds is 3. The van der Waals surface area contributed by atoms with Gasteiger partial charge in [-0.2, -0.15) is 0 Å². The highest BCUT2D eigenvalue weighted by molar-refractivity contribution is 5.89. The van der Waals surface area contributed by atoms with Crippen LogP contribution >= 0.6 is 0 Å². The second-order valence-corrected chi connectivity index (χ2v) is 9.68. The molecule has 4 heterocycles. The molecule has 3 saturated heterocycles. The van der Waals surface area contributed by atoms with Crippen LogP contribution < -0.4 is 11.2 Å². The van der Waals surface area contributed by atoms with E-state index in [1.54, 1.807) is 58.0 Å². The molecule has 5 rings (SSSR count). The number of aromatic nitrogens is 2. The molecule has 0 spiro atoms. The van der Waals surface area contributed by atoms with Gasteiger partial charge in [-0.05, 0) is 39.8 Å². The minimum Gasteiger partial charge on any atom is -0.451 e. The van der Waals surface area contributed by atoms with Gasteiger partial charge in [0.05, 0.1) is 12.2 Å². The summed E-state index contributed by atoms with van der Waals surface area (Å²) in [5.41, 5.74) is -0.979. The first-order valence-electron chi connectivity index (χ1n) is 11.4. The van der Waals surface area contributed by atoms with E-state index < -0.39 is 65.5 Å². The smallest absolute Gasteiger partial charge is 0.338 e. The van der Waals surface area contributed by atoms with Crippen molar-refractivity contribution in [3.63, 3.8) is 0 Å². The Labute approximate surface area is 200 Å². The molecule has 0 radical (unpaired) electrons. The van der Waals surface area contributed by atoms with Crippen LogP contribution in [0.25, 0.3) is 0 Å². The van der Waals surface area contributed by atoms with Gasteiger partial charge in [-0.1, -0.05) is 18.2 Å². The largest absolute Gasteiger partial charge is 0.451 e. The summed E-state index contributed by atoms with van der Waals surface area (Å²) in [4.78, 5) is 39.9. The van der Waals surface area contributed by atoms with E-state index in [-0.39, 0.29) is 6.61 Å². The summed E-state index contributed by atoms with van der Waals surface area (Å²) >= 11 is 0. The van der Waals surface area contributed by atoms with Crippen molar-refractivity contribution in [1.82, 2.24) is 9.55 Å². The lowest BCUT2D eigenvalue weighted by Crippen LogP contribution is -2.55. The summed E-state index contributed by atoms with van der Waals surface area (Å²) in [6.45, 7) is 7.19. The second kappa shape index (κ2) is 8.68. The number of fused-ring (bicyclic) bond motifs is 3. The van der Waals surface area contributed by atoms with E-state index in [1.165, 1.54) is 12.3 Å². The Morgan fingerprint density at radius 1 is 0.971 bits per heavy atom. The molecule has 2 aromatic rings. The quantitative estimate of drug-likeness (QED) is 0.637. The lowest BCUT2D eigenvalue weighted by atomic mass is 9.99. The molecule has 0 amide bonds. The van der Waals surface area contributed by atoms with Gasteiger partial charge in [0.25, 0.3) is 5.56 Å². The van der Waals surface area contributed by atoms with E-state index in [9.17, 15) is 14.4 Å². The van der Waals surface area contributed by atoms with Crippen molar-refractivity contribution >= 4 is 5.97 Å². The van der Waals surface area contributed by atoms with Crippen molar-refractivity contribution in [3.8, 4) is 0 Å². The third kappa shape index (κ3) is 4.69. The fourth-order valence-electron chi connectivity index (χ4n) is 4.70. The van der Waals surface area contributed by atoms with E-state index in [0.717, 1.165) is 4.57 Å². The fourth-order valence-corrected chi connectivity index (χ4v) is 4.70. The normalized spacial score (nSPS) is 33.3. The second-order valence-electron chi connectivity index (χ2n) is 9.68. The number of hydrogen-bond donors (Lipinski definition) is 1. The molecule has 11 nitrogen and oxygen atoms in total. The van der Waals surface area contributed by atoms with Gasteiger partial charge in [0, 0.05) is 12.3 Å². The van der Waals surface area contributed by atoms with E-state index in [2.05, 4.69) is 4.98 Å². The number of benzene rings is 1. The Bertz CT molecular complexity index is 1210. The molecule has 6 atom stereocenters. The maximum absolute atomic E-state index is 13.1. The molecule has 3 aliphatic heterocycles. The maximum atomic E-state index is 13.1. The number of H-pyrrole nitrogens is 1. The Morgan fingerprint density at radius 2 is 1.66 bits per heavy atom. The van der Waals surface area contributed by atoms with Crippen LogP contribution in [0.5, 0.6) is 0 Å².